The van der Waals surface area contributed by atoms with Gasteiger partial charge in [0.15, 0.2) is 0 Å². The van der Waals surface area contributed by atoms with Crippen molar-refractivity contribution < 1.29 is 0 Å². The van der Waals surface area contributed by atoms with Crippen molar-refractivity contribution in [3.63, 3.8) is 0 Å². The maximum Gasteiger partial charge on any atom is 0.0452 e. The van der Waals surface area contributed by atoms with Crippen LogP contribution in [-0.4, -0.2) is 23.5 Å². The van der Waals surface area contributed by atoms with Crippen molar-refractivity contribution in [2.45, 2.75) is 51.2 Å². The lowest BCUT2D eigenvalue weighted by molar-refractivity contribution is 0.149. The Morgan fingerprint density at radius 3 is 2.53 bits per heavy atom. The molecule has 19 heavy (non-hydrogen) atoms. The van der Waals surface area contributed by atoms with E-state index in [1.165, 1.54) is 12.8 Å². The van der Waals surface area contributed by atoms with Crippen LogP contribution in [-0.2, 0) is 6.54 Å². The molecule has 0 heterocycles. The molecule has 0 bridgehead atoms. The van der Waals surface area contributed by atoms with Gasteiger partial charge in [-0.25, -0.2) is 0 Å². The summed E-state index contributed by atoms with van der Waals surface area (Å²) < 4.78 is 0. The van der Waals surface area contributed by atoms with Crippen LogP contribution in [0.3, 0.4) is 0 Å². The van der Waals surface area contributed by atoms with E-state index in [4.69, 9.17) is 28.9 Å². The highest BCUT2D eigenvalue weighted by Crippen LogP contribution is 2.27. The number of hydrogen-bond acceptors (Lipinski definition) is 2. The zero-order valence-corrected chi connectivity index (χ0v) is 12.9. The van der Waals surface area contributed by atoms with Gasteiger partial charge in [-0.1, -0.05) is 30.1 Å². The van der Waals surface area contributed by atoms with Crippen molar-refractivity contribution in [2.75, 3.05) is 6.54 Å². The molecule has 1 aliphatic rings. The lowest BCUT2D eigenvalue weighted by Crippen LogP contribution is -2.40. The molecule has 1 fully saturated rings. The quantitative estimate of drug-likeness (QED) is 0.907. The van der Waals surface area contributed by atoms with Crippen LogP contribution >= 0.6 is 23.2 Å². The fourth-order valence-corrected chi connectivity index (χ4v) is 3.22. The summed E-state index contributed by atoms with van der Waals surface area (Å²) in [6, 6.07) is 6.71. The number of nitrogens with zero attached hydrogens (tertiary/aromatic N) is 1. The summed E-state index contributed by atoms with van der Waals surface area (Å²) in [5.41, 5.74) is 7.09. The Hall–Kier alpha value is -0.280. The highest BCUT2D eigenvalue weighted by molar-refractivity contribution is 6.33. The molecule has 0 aliphatic heterocycles. The molecule has 4 heteroatoms. The summed E-state index contributed by atoms with van der Waals surface area (Å²) in [6.07, 6.45) is 4.63. The summed E-state index contributed by atoms with van der Waals surface area (Å²) in [4.78, 5) is 2.49. The summed E-state index contributed by atoms with van der Waals surface area (Å²) in [5.74, 6) is 0. The molecule has 1 aromatic carbocycles. The number of nitrogens with two attached hydrogens (primary N) is 1. The highest BCUT2D eigenvalue weighted by atomic mass is 35.5. The Morgan fingerprint density at radius 1 is 1.21 bits per heavy atom. The van der Waals surface area contributed by atoms with Crippen LogP contribution in [0.15, 0.2) is 18.2 Å². The molecule has 1 aliphatic carbocycles. The Bertz CT molecular complexity index is 415. The van der Waals surface area contributed by atoms with Gasteiger partial charge in [-0.2, -0.15) is 0 Å². The van der Waals surface area contributed by atoms with Gasteiger partial charge in [0.05, 0.1) is 0 Å². The lowest BCUT2D eigenvalue weighted by atomic mass is 9.90. The van der Waals surface area contributed by atoms with Crippen molar-refractivity contribution >= 4 is 23.2 Å². The maximum atomic E-state index is 6.25. The van der Waals surface area contributed by atoms with Gasteiger partial charge in [-0.15, -0.1) is 0 Å². The summed E-state index contributed by atoms with van der Waals surface area (Å²) in [5, 5.41) is 1.55. The summed E-state index contributed by atoms with van der Waals surface area (Å²) in [7, 11) is 0. The third-order valence-corrected chi connectivity index (χ3v) is 4.65. The predicted molar refractivity (Wildman–Crippen MR) is 82.8 cm³/mol. The Labute approximate surface area is 125 Å². The van der Waals surface area contributed by atoms with E-state index in [-0.39, 0.29) is 0 Å². The van der Waals surface area contributed by atoms with Crippen molar-refractivity contribution in [3.05, 3.63) is 33.8 Å². The molecule has 2 nitrogen and oxygen atoms in total. The monoisotopic (exact) mass is 300 g/mol. The first-order chi connectivity index (χ1) is 9.10. The molecule has 0 aromatic heterocycles. The van der Waals surface area contributed by atoms with E-state index in [0.29, 0.717) is 12.1 Å². The van der Waals surface area contributed by atoms with E-state index in [2.05, 4.69) is 11.8 Å². The van der Waals surface area contributed by atoms with E-state index in [0.717, 1.165) is 41.5 Å². The molecule has 0 unspecified atom stereocenters. The molecule has 0 spiro atoms. The van der Waals surface area contributed by atoms with E-state index >= 15 is 0 Å². The number of rotatable bonds is 4. The van der Waals surface area contributed by atoms with E-state index in [9.17, 15) is 0 Å². The third-order valence-electron chi connectivity index (χ3n) is 4.05. The fraction of sp³-hybridized carbons (Fsp3) is 0.600. The summed E-state index contributed by atoms with van der Waals surface area (Å²) >= 11 is 12.3. The van der Waals surface area contributed by atoms with Crippen LogP contribution in [0.25, 0.3) is 0 Å². The highest BCUT2D eigenvalue weighted by Gasteiger charge is 2.23. The number of benzene rings is 1. The van der Waals surface area contributed by atoms with E-state index in [1.54, 1.807) is 0 Å². The smallest absolute Gasteiger partial charge is 0.0452 e. The van der Waals surface area contributed by atoms with E-state index < -0.39 is 0 Å². The van der Waals surface area contributed by atoms with Gasteiger partial charge in [-0.3, -0.25) is 4.90 Å². The van der Waals surface area contributed by atoms with Crippen molar-refractivity contribution in [1.29, 1.82) is 0 Å². The van der Waals surface area contributed by atoms with Gasteiger partial charge in [0.2, 0.25) is 0 Å². The average molecular weight is 301 g/mol. The van der Waals surface area contributed by atoms with Gasteiger partial charge in [0, 0.05) is 28.7 Å². The first-order valence-corrected chi connectivity index (χ1v) is 7.79. The molecule has 1 aromatic rings. The molecule has 0 saturated heterocycles. The molecule has 1 saturated carbocycles. The number of halogens is 2. The molecule has 0 radical (unpaired) electrons. The normalized spacial score (nSPS) is 23.8. The zero-order chi connectivity index (χ0) is 13.8. The van der Waals surface area contributed by atoms with Crippen LogP contribution in [0.1, 0.15) is 38.2 Å². The third kappa shape index (κ3) is 4.09. The molecule has 0 atom stereocenters. The molecule has 2 N–H and O–H groups in total. The lowest BCUT2D eigenvalue weighted by Gasteiger charge is -2.35. The van der Waals surface area contributed by atoms with Gasteiger partial charge in [0.1, 0.15) is 0 Å². The maximum absolute atomic E-state index is 6.25. The zero-order valence-electron chi connectivity index (χ0n) is 11.4. The van der Waals surface area contributed by atoms with Crippen molar-refractivity contribution in [2.24, 2.45) is 5.73 Å². The molecule has 106 valence electrons. The van der Waals surface area contributed by atoms with Crippen LogP contribution in [0, 0.1) is 0 Å². The molecule has 0 amide bonds. The van der Waals surface area contributed by atoms with Crippen LogP contribution < -0.4 is 5.73 Å². The second-order valence-electron chi connectivity index (χ2n) is 5.37. The minimum atomic E-state index is 0.393. The second kappa shape index (κ2) is 6.94. The van der Waals surface area contributed by atoms with Gasteiger partial charge in [0.25, 0.3) is 0 Å². The van der Waals surface area contributed by atoms with Crippen molar-refractivity contribution in [1.82, 2.24) is 4.90 Å². The predicted octanol–water partition coefficient (Wildman–Crippen LogP) is 4.09. The largest absolute Gasteiger partial charge is 0.328 e. The minimum Gasteiger partial charge on any atom is -0.328 e. The average Bonchev–Trinajstić information content (AvgIpc) is 2.41. The Balaban J connectivity index is 2.04. The molecular weight excluding hydrogens is 279 g/mol. The van der Waals surface area contributed by atoms with Gasteiger partial charge >= 0.3 is 0 Å². The fourth-order valence-electron chi connectivity index (χ4n) is 2.85. The minimum absolute atomic E-state index is 0.393. The molecular formula is C15H22Cl2N2. The Kier molecular flexibility index (Phi) is 5.52. The second-order valence-corrected chi connectivity index (χ2v) is 6.21. The Morgan fingerprint density at radius 2 is 1.89 bits per heavy atom. The first kappa shape index (κ1) is 15.1. The topological polar surface area (TPSA) is 29.3 Å². The van der Waals surface area contributed by atoms with E-state index in [1.807, 2.05) is 18.2 Å². The standard InChI is InChI=1S/C15H22Cl2N2/c1-2-19(14-6-4-13(18)5-7-14)10-11-9-12(16)3-8-15(11)17/h3,8-9,13-14H,2,4-7,10,18H2,1H3. The first-order valence-electron chi connectivity index (χ1n) is 7.03. The summed E-state index contributed by atoms with van der Waals surface area (Å²) in [6.45, 7) is 4.10. The van der Waals surface area contributed by atoms with Crippen LogP contribution in [0.4, 0.5) is 0 Å². The van der Waals surface area contributed by atoms with Crippen LogP contribution in [0.2, 0.25) is 10.0 Å². The number of hydrogen-bond donors (Lipinski definition) is 1. The van der Waals surface area contributed by atoms with Crippen LogP contribution in [0.5, 0.6) is 0 Å². The van der Waals surface area contributed by atoms with Gasteiger partial charge in [-0.05, 0) is 56.0 Å². The molecule has 2 rings (SSSR count). The van der Waals surface area contributed by atoms with Crippen molar-refractivity contribution in [3.8, 4) is 0 Å². The van der Waals surface area contributed by atoms with Gasteiger partial charge < -0.3 is 5.73 Å². The SMILES string of the molecule is CCN(Cc1cc(Cl)ccc1Cl)C1CCC(N)CC1.